The predicted molar refractivity (Wildman–Crippen MR) is 100 cm³/mol. The van der Waals surface area contributed by atoms with E-state index in [1.807, 2.05) is 13.8 Å². The average molecular weight is 372 g/mol. The predicted octanol–water partition coefficient (Wildman–Crippen LogP) is 3.89. The van der Waals surface area contributed by atoms with Crippen LogP contribution in [-0.4, -0.2) is 38.4 Å². The number of hydrogen-bond acceptors (Lipinski definition) is 6. The average Bonchev–Trinajstić information content (AvgIpc) is 2.70. The molecule has 6 heteroatoms. The maximum atomic E-state index is 12.2. The van der Waals surface area contributed by atoms with Gasteiger partial charge in [0, 0.05) is 6.61 Å². The molecule has 0 radical (unpaired) electrons. The molecule has 2 aromatic rings. The van der Waals surface area contributed by atoms with Crippen LogP contribution in [0.4, 0.5) is 0 Å². The Morgan fingerprint density at radius 3 is 1.93 bits per heavy atom. The van der Waals surface area contributed by atoms with E-state index in [2.05, 4.69) is 0 Å². The van der Waals surface area contributed by atoms with Gasteiger partial charge in [-0.3, -0.25) is 0 Å². The summed E-state index contributed by atoms with van der Waals surface area (Å²) in [6, 6.07) is 13.0. The summed E-state index contributed by atoms with van der Waals surface area (Å²) >= 11 is 0. The van der Waals surface area contributed by atoms with E-state index in [0.29, 0.717) is 42.4 Å². The van der Waals surface area contributed by atoms with Crippen molar-refractivity contribution in [2.75, 3.05) is 26.4 Å². The molecule has 0 saturated heterocycles. The number of rotatable bonds is 10. The van der Waals surface area contributed by atoms with Crippen LogP contribution in [0, 0.1) is 0 Å². The summed E-state index contributed by atoms with van der Waals surface area (Å²) in [5, 5.41) is 0. The Bertz CT molecular complexity index is 721. The molecule has 0 aromatic heterocycles. The Balaban J connectivity index is 1.87. The van der Waals surface area contributed by atoms with Crippen LogP contribution < -0.4 is 9.47 Å². The molecule has 0 unspecified atom stereocenters. The molecule has 2 rings (SSSR count). The van der Waals surface area contributed by atoms with Gasteiger partial charge < -0.3 is 18.9 Å². The van der Waals surface area contributed by atoms with Crippen molar-refractivity contribution in [2.24, 2.45) is 0 Å². The highest BCUT2D eigenvalue weighted by atomic mass is 16.6. The van der Waals surface area contributed by atoms with Crippen molar-refractivity contribution < 1.29 is 28.5 Å². The van der Waals surface area contributed by atoms with Gasteiger partial charge in [0.1, 0.15) is 18.1 Å². The van der Waals surface area contributed by atoms with Crippen molar-refractivity contribution in [1.82, 2.24) is 0 Å². The van der Waals surface area contributed by atoms with E-state index in [0.717, 1.165) is 6.42 Å². The molecular formula is C21H24O6. The van der Waals surface area contributed by atoms with Crippen LogP contribution in [0.3, 0.4) is 0 Å². The fraction of sp³-hybridized carbons (Fsp3) is 0.333. The normalized spacial score (nSPS) is 10.3. The first-order chi connectivity index (χ1) is 13.1. The highest BCUT2D eigenvalue weighted by Gasteiger charge is 2.11. The molecule has 0 atom stereocenters. The zero-order valence-electron chi connectivity index (χ0n) is 15.6. The summed E-state index contributed by atoms with van der Waals surface area (Å²) in [6.45, 7) is 5.66. The largest absolute Gasteiger partial charge is 0.494 e. The second kappa shape index (κ2) is 11.0. The van der Waals surface area contributed by atoms with E-state index in [9.17, 15) is 9.59 Å². The molecule has 27 heavy (non-hydrogen) atoms. The Labute approximate surface area is 159 Å². The van der Waals surface area contributed by atoms with Gasteiger partial charge in [-0.1, -0.05) is 6.92 Å². The van der Waals surface area contributed by atoms with Crippen molar-refractivity contribution in [3.8, 4) is 11.5 Å². The van der Waals surface area contributed by atoms with Crippen LogP contribution in [0.15, 0.2) is 48.5 Å². The first kappa shape index (κ1) is 20.5. The highest BCUT2D eigenvalue weighted by molar-refractivity contribution is 5.92. The smallest absolute Gasteiger partial charge is 0.343 e. The summed E-state index contributed by atoms with van der Waals surface area (Å²) in [5.74, 6) is 0.122. The second-order valence-electron chi connectivity index (χ2n) is 5.62. The van der Waals surface area contributed by atoms with Crippen LogP contribution in [0.2, 0.25) is 0 Å². The fourth-order valence-electron chi connectivity index (χ4n) is 2.15. The monoisotopic (exact) mass is 372 g/mol. The highest BCUT2D eigenvalue weighted by Crippen LogP contribution is 2.17. The lowest BCUT2D eigenvalue weighted by Gasteiger charge is -2.08. The van der Waals surface area contributed by atoms with Gasteiger partial charge in [0.2, 0.25) is 0 Å². The Hall–Kier alpha value is -2.86. The standard InChI is InChI=1S/C21H24O6/c1-3-13-25-18-9-5-17(6-10-18)21(23)27-19-11-7-16(8-12-19)20(22)26-15-14-24-4-2/h5-12H,3-4,13-15H2,1-2H3. The van der Waals surface area contributed by atoms with Crippen molar-refractivity contribution in [1.29, 1.82) is 0 Å². The summed E-state index contributed by atoms with van der Waals surface area (Å²) < 4.78 is 21.0. The van der Waals surface area contributed by atoms with Crippen LogP contribution in [0.25, 0.3) is 0 Å². The number of hydrogen-bond donors (Lipinski definition) is 0. The SMILES string of the molecule is CCCOc1ccc(C(=O)Oc2ccc(C(=O)OCCOCC)cc2)cc1. The topological polar surface area (TPSA) is 71.1 Å². The van der Waals surface area contributed by atoms with Gasteiger partial charge >= 0.3 is 11.9 Å². The number of carbonyl (C=O) groups is 2. The molecule has 0 fully saturated rings. The fourth-order valence-corrected chi connectivity index (χ4v) is 2.15. The zero-order valence-corrected chi connectivity index (χ0v) is 15.6. The third kappa shape index (κ3) is 6.75. The molecular weight excluding hydrogens is 348 g/mol. The Morgan fingerprint density at radius 2 is 1.33 bits per heavy atom. The molecule has 6 nitrogen and oxygen atoms in total. The van der Waals surface area contributed by atoms with Gasteiger partial charge in [-0.05, 0) is 61.9 Å². The minimum atomic E-state index is -0.482. The van der Waals surface area contributed by atoms with E-state index in [4.69, 9.17) is 18.9 Å². The summed E-state index contributed by atoms with van der Waals surface area (Å²) in [6.07, 6.45) is 0.917. The van der Waals surface area contributed by atoms with E-state index in [-0.39, 0.29) is 6.61 Å². The lowest BCUT2D eigenvalue weighted by atomic mass is 10.2. The van der Waals surface area contributed by atoms with Gasteiger partial charge in [0.15, 0.2) is 0 Å². The number of esters is 2. The van der Waals surface area contributed by atoms with Crippen LogP contribution in [-0.2, 0) is 9.47 Å². The summed E-state index contributed by atoms with van der Waals surface area (Å²) in [5.41, 5.74) is 0.794. The second-order valence-corrected chi connectivity index (χ2v) is 5.62. The molecule has 0 bridgehead atoms. The number of ether oxygens (including phenoxy) is 4. The molecule has 0 heterocycles. The van der Waals surface area contributed by atoms with E-state index in [1.165, 1.54) is 0 Å². The molecule has 0 saturated carbocycles. The third-order valence-electron chi connectivity index (χ3n) is 3.53. The third-order valence-corrected chi connectivity index (χ3v) is 3.53. The zero-order chi connectivity index (χ0) is 19.5. The lowest BCUT2D eigenvalue weighted by molar-refractivity contribution is 0.0335. The molecule has 0 aliphatic rings. The Kier molecular flexibility index (Phi) is 8.32. The van der Waals surface area contributed by atoms with Crippen molar-refractivity contribution >= 4 is 11.9 Å². The van der Waals surface area contributed by atoms with Gasteiger partial charge in [0.05, 0.1) is 24.3 Å². The molecule has 0 N–H and O–H groups in total. The van der Waals surface area contributed by atoms with E-state index in [1.54, 1.807) is 48.5 Å². The molecule has 0 aliphatic heterocycles. The summed E-state index contributed by atoms with van der Waals surface area (Å²) in [4.78, 5) is 24.1. The number of benzene rings is 2. The van der Waals surface area contributed by atoms with Crippen LogP contribution in [0.5, 0.6) is 11.5 Å². The molecule has 0 spiro atoms. The molecule has 0 aliphatic carbocycles. The van der Waals surface area contributed by atoms with E-state index >= 15 is 0 Å². The van der Waals surface area contributed by atoms with Gasteiger partial charge in [0.25, 0.3) is 0 Å². The minimum Gasteiger partial charge on any atom is -0.494 e. The molecule has 0 amide bonds. The van der Waals surface area contributed by atoms with E-state index < -0.39 is 11.9 Å². The molecule has 144 valence electrons. The van der Waals surface area contributed by atoms with Crippen LogP contribution in [0.1, 0.15) is 41.0 Å². The quantitative estimate of drug-likeness (QED) is 0.358. The van der Waals surface area contributed by atoms with Crippen molar-refractivity contribution in [3.63, 3.8) is 0 Å². The van der Waals surface area contributed by atoms with Crippen molar-refractivity contribution in [3.05, 3.63) is 59.7 Å². The first-order valence-corrected chi connectivity index (χ1v) is 8.94. The number of carbonyl (C=O) groups excluding carboxylic acids is 2. The summed E-state index contributed by atoms with van der Waals surface area (Å²) in [7, 11) is 0. The molecule has 2 aromatic carbocycles. The lowest BCUT2D eigenvalue weighted by Crippen LogP contribution is -2.11. The minimum absolute atomic E-state index is 0.196. The maximum absolute atomic E-state index is 12.2. The maximum Gasteiger partial charge on any atom is 0.343 e. The Morgan fingerprint density at radius 1 is 0.741 bits per heavy atom. The van der Waals surface area contributed by atoms with Gasteiger partial charge in [-0.2, -0.15) is 0 Å². The van der Waals surface area contributed by atoms with Gasteiger partial charge in [-0.15, -0.1) is 0 Å². The van der Waals surface area contributed by atoms with Crippen LogP contribution >= 0.6 is 0 Å². The van der Waals surface area contributed by atoms with Crippen molar-refractivity contribution in [2.45, 2.75) is 20.3 Å². The van der Waals surface area contributed by atoms with Gasteiger partial charge in [-0.25, -0.2) is 9.59 Å². The first-order valence-electron chi connectivity index (χ1n) is 8.94.